The van der Waals surface area contributed by atoms with E-state index in [0.29, 0.717) is 6.04 Å². The van der Waals surface area contributed by atoms with Gasteiger partial charge in [-0.1, -0.05) is 26.7 Å². The minimum Gasteiger partial charge on any atom is -0.352 e. The minimum atomic E-state index is 0.0625. The van der Waals surface area contributed by atoms with E-state index < -0.39 is 0 Å². The first-order valence-electron chi connectivity index (χ1n) is 6.63. The van der Waals surface area contributed by atoms with Crippen LogP contribution in [0.4, 0.5) is 0 Å². The Labute approximate surface area is 99.4 Å². The molecular formula is C13H26N2O. The van der Waals surface area contributed by atoms with Crippen LogP contribution in [-0.2, 0) is 4.79 Å². The van der Waals surface area contributed by atoms with Gasteiger partial charge in [0, 0.05) is 6.04 Å². The highest BCUT2D eigenvalue weighted by atomic mass is 16.2. The molecule has 1 fully saturated rings. The summed E-state index contributed by atoms with van der Waals surface area (Å²) in [6.07, 6.45) is 5.67. The molecule has 1 unspecified atom stereocenters. The fourth-order valence-electron chi connectivity index (χ4n) is 2.16. The molecule has 1 heterocycles. The Hall–Kier alpha value is -0.570. The topological polar surface area (TPSA) is 41.1 Å². The lowest BCUT2D eigenvalue weighted by Crippen LogP contribution is -2.44. The van der Waals surface area contributed by atoms with Gasteiger partial charge in [0.1, 0.15) is 0 Å². The second kappa shape index (κ2) is 6.89. The van der Waals surface area contributed by atoms with Crippen molar-refractivity contribution in [3.8, 4) is 0 Å². The van der Waals surface area contributed by atoms with E-state index in [9.17, 15) is 4.79 Å². The van der Waals surface area contributed by atoms with Gasteiger partial charge in [0.05, 0.1) is 6.04 Å². The fourth-order valence-corrected chi connectivity index (χ4v) is 2.16. The number of hydrogen-bond donors (Lipinski definition) is 2. The molecule has 0 radical (unpaired) electrons. The fraction of sp³-hybridized carbons (Fsp3) is 0.923. The van der Waals surface area contributed by atoms with Gasteiger partial charge >= 0.3 is 0 Å². The van der Waals surface area contributed by atoms with Gasteiger partial charge in [-0.3, -0.25) is 4.79 Å². The highest BCUT2D eigenvalue weighted by molar-refractivity contribution is 5.82. The van der Waals surface area contributed by atoms with E-state index in [1.807, 2.05) is 0 Å². The van der Waals surface area contributed by atoms with Crippen molar-refractivity contribution in [2.45, 2.75) is 65.0 Å². The van der Waals surface area contributed by atoms with Crippen molar-refractivity contribution in [2.24, 2.45) is 5.92 Å². The van der Waals surface area contributed by atoms with Crippen LogP contribution in [0.1, 0.15) is 52.9 Å². The van der Waals surface area contributed by atoms with Crippen LogP contribution in [0, 0.1) is 5.92 Å². The van der Waals surface area contributed by atoms with Crippen LogP contribution in [0.5, 0.6) is 0 Å². The van der Waals surface area contributed by atoms with Crippen LogP contribution in [0.3, 0.4) is 0 Å². The molecule has 94 valence electrons. The first-order chi connectivity index (χ1) is 7.59. The lowest BCUT2D eigenvalue weighted by Gasteiger charge is -2.17. The van der Waals surface area contributed by atoms with Crippen LogP contribution in [0.2, 0.25) is 0 Å². The molecule has 3 nitrogen and oxygen atoms in total. The standard InChI is InChI=1S/C13H26N2O/c1-10(2)6-4-7-11(3)15-13(16)12-8-5-9-14-12/h10-12,14H,4-9H2,1-3H3,(H,15,16)/t11?,12-/m0/s1. The van der Waals surface area contributed by atoms with Crippen molar-refractivity contribution in [2.75, 3.05) is 6.54 Å². The van der Waals surface area contributed by atoms with Gasteiger partial charge in [-0.15, -0.1) is 0 Å². The highest BCUT2D eigenvalue weighted by Crippen LogP contribution is 2.09. The second-order valence-corrected chi connectivity index (χ2v) is 5.38. The number of rotatable bonds is 6. The lowest BCUT2D eigenvalue weighted by molar-refractivity contribution is -0.123. The molecule has 0 saturated carbocycles. The molecule has 0 aliphatic carbocycles. The summed E-state index contributed by atoms with van der Waals surface area (Å²) in [5.41, 5.74) is 0. The van der Waals surface area contributed by atoms with Crippen molar-refractivity contribution in [1.82, 2.24) is 10.6 Å². The molecule has 1 aliphatic heterocycles. The molecule has 0 aromatic rings. The average Bonchev–Trinajstić information content (AvgIpc) is 2.69. The van der Waals surface area contributed by atoms with Crippen LogP contribution in [0.15, 0.2) is 0 Å². The van der Waals surface area contributed by atoms with Crippen molar-refractivity contribution in [3.05, 3.63) is 0 Å². The molecule has 1 aliphatic rings. The number of carbonyl (C=O) groups is 1. The number of hydrogen-bond acceptors (Lipinski definition) is 2. The third-order valence-electron chi connectivity index (χ3n) is 3.18. The molecule has 0 spiro atoms. The van der Waals surface area contributed by atoms with Gasteiger partial charge in [0.15, 0.2) is 0 Å². The van der Waals surface area contributed by atoms with Crippen molar-refractivity contribution < 1.29 is 4.79 Å². The molecule has 0 aromatic carbocycles. The molecular weight excluding hydrogens is 200 g/mol. The number of amides is 1. The SMILES string of the molecule is CC(C)CCCC(C)NC(=O)[C@@H]1CCCN1. The van der Waals surface area contributed by atoms with Crippen molar-refractivity contribution >= 4 is 5.91 Å². The Morgan fingerprint density at radius 3 is 2.69 bits per heavy atom. The zero-order chi connectivity index (χ0) is 12.0. The van der Waals surface area contributed by atoms with E-state index in [4.69, 9.17) is 0 Å². The zero-order valence-electron chi connectivity index (χ0n) is 10.9. The maximum absolute atomic E-state index is 11.8. The summed E-state index contributed by atoms with van der Waals surface area (Å²) < 4.78 is 0. The van der Waals surface area contributed by atoms with Gasteiger partial charge in [0.2, 0.25) is 5.91 Å². The maximum atomic E-state index is 11.8. The predicted molar refractivity (Wildman–Crippen MR) is 67.3 cm³/mol. The van der Waals surface area contributed by atoms with E-state index in [1.165, 1.54) is 12.8 Å². The van der Waals surface area contributed by atoms with Gasteiger partial charge in [-0.2, -0.15) is 0 Å². The smallest absolute Gasteiger partial charge is 0.237 e. The third kappa shape index (κ3) is 4.97. The Morgan fingerprint density at radius 2 is 2.12 bits per heavy atom. The van der Waals surface area contributed by atoms with E-state index in [-0.39, 0.29) is 11.9 Å². The van der Waals surface area contributed by atoms with Gasteiger partial charge in [-0.25, -0.2) is 0 Å². The van der Waals surface area contributed by atoms with Crippen LogP contribution < -0.4 is 10.6 Å². The molecule has 1 saturated heterocycles. The predicted octanol–water partition coefficient (Wildman–Crippen LogP) is 2.07. The van der Waals surface area contributed by atoms with Gasteiger partial charge in [0.25, 0.3) is 0 Å². The number of nitrogens with one attached hydrogen (secondary N) is 2. The zero-order valence-corrected chi connectivity index (χ0v) is 10.9. The molecule has 2 atom stereocenters. The summed E-state index contributed by atoms with van der Waals surface area (Å²) >= 11 is 0. The molecule has 16 heavy (non-hydrogen) atoms. The first kappa shape index (κ1) is 13.5. The lowest BCUT2D eigenvalue weighted by atomic mass is 10.0. The molecule has 1 rings (SSSR count). The minimum absolute atomic E-state index is 0.0625. The molecule has 1 amide bonds. The molecule has 3 heteroatoms. The molecule has 0 bridgehead atoms. The Morgan fingerprint density at radius 1 is 1.38 bits per heavy atom. The summed E-state index contributed by atoms with van der Waals surface area (Å²) in [5, 5.41) is 6.32. The Kier molecular flexibility index (Phi) is 5.81. The third-order valence-corrected chi connectivity index (χ3v) is 3.18. The summed E-state index contributed by atoms with van der Waals surface area (Å²) in [7, 11) is 0. The summed E-state index contributed by atoms with van der Waals surface area (Å²) in [6.45, 7) is 7.57. The maximum Gasteiger partial charge on any atom is 0.237 e. The largest absolute Gasteiger partial charge is 0.352 e. The quantitative estimate of drug-likeness (QED) is 0.728. The molecule has 2 N–H and O–H groups in total. The Bertz CT molecular complexity index is 210. The van der Waals surface area contributed by atoms with Crippen molar-refractivity contribution in [3.63, 3.8) is 0 Å². The van der Waals surface area contributed by atoms with Crippen LogP contribution in [0.25, 0.3) is 0 Å². The van der Waals surface area contributed by atoms with E-state index >= 15 is 0 Å². The van der Waals surface area contributed by atoms with E-state index in [1.54, 1.807) is 0 Å². The Balaban J connectivity index is 2.12. The van der Waals surface area contributed by atoms with Gasteiger partial charge in [-0.05, 0) is 38.6 Å². The van der Waals surface area contributed by atoms with Crippen molar-refractivity contribution in [1.29, 1.82) is 0 Å². The summed E-state index contributed by atoms with van der Waals surface area (Å²) in [6, 6.07) is 0.376. The second-order valence-electron chi connectivity index (χ2n) is 5.38. The molecule has 0 aromatic heterocycles. The highest BCUT2D eigenvalue weighted by Gasteiger charge is 2.22. The van der Waals surface area contributed by atoms with E-state index in [2.05, 4.69) is 31.4 Å². The summed E-state index contributed by atoms with van der Waals surface area (Å²) in [5.74, 6) is 0.953. The van der Waals surface area contributed by atoms with Gasteiger partial charge < -0.3 is 10.6 Å². The summed E-state index contributed by atoms with van der Waals surface area (Å²) in [4.78, 5) is 11.8. The monoisotopic (exact) mass is 226 g/mol. The number of carbonyl (C=O) groups excluding carboxylic acids is 1. The average molecular weight is 226 g/mol. The normalized spacial score (nSPS) is 22.4. The first-order valence-corrected chi connectivity index (χ1v) is 6.63. The van der Waals surface area contributed by atoms with E-state index in [0.717, 1.165) is 31.7 Å². The van der Waals surface area contributed by atoms with Crippen LogP contribution >= 0.6 is 0 Å². The van der Waals surface area contributed by atoms with Crippen LogP contribution in [-0.4, -0.2) is 24.5 Å².